The zero-order valence-corrected chi connectivity index (χ0v) is 16.2. The average Bonchev–Trinajstić information content (AvgIpc) is 2.72. The third-order valence-electron chi connectivity index (χ3n) is 5.05. The van der Waals surface area contributed by atoms with Crippen molar-refractivity contribution in [3.8, 4) is 11.1 Å². The van der Waals surface area contributed by atoms with Crippen molar-refractivity contribution in [3.05, 3.63) is 95.6 Å². The highest BCUT2D eigenvalue weighted by Crippen LogP contribution is 2.25. The van der Waals surface area contributed by atoms with Gasteiger partial charge in [0.2, 0.25) is 0 Å². The lowest BCUT2D eigenvalue weighted by Gasteiger charge is -2.23. The van der Waals surface area contributed by atoms with E-state index in [0.717, 1.165) is 17.5 Å². The quantitative estimate of drug-likeness (QED) is 0.476. The summed E-state index contributed by atoms with van der Waals surface area (Å²) >= 11 is 0. The van der Waals surface area contributed by atoms with Crippen LogP contribution in [-0.4, -0.2) is 12.1 Å². The summed E-state index contributed by atoms with van der Waals surface area (Å²) in [5.41, 5.74) is 5.24. The molecule has 27 heavy (non-hydrogen) atoms. The van der Waals surface area contributed by atoms with Gasteiger partial charge in [-0.1, -0.05) is 86.1 Å². The number of rotatable bonds is 6. The molecule has 0 radical (unpaired) electrons. The van der Waals surface area contributed by atoms with Crippen LogP contribution in [0.3, 0.4) is 0 Å². The van der Waals surface area contributed by atoms with Gasteiger partial charge in [-0.05, 0) is 42.2 Å². The summed E-state index contributed by atoms with van der Waals surface area (Å²) in [4.78, 5) is 12.6. The van der Waals surface area contributed by atoms with Crippen molar-refractivity contribution < 1.29 is 9.53 Å². The summed E-state index contributed by atoms with van der Waals surface area (Å²) in [6.45, 7) is 6.23. The molecule has 0 bridgehead atoms. The predicted octanol–water partition coefficient (Wildman–Crippen LogP) is 6.40. The Labute approximate surface area is 161 Å². The Morgan fingerprint density at radius 2 is 1.41 bits per heavy atom. The third kappa shape index (κ3) is 4.65. The average molecular weight is 358 g/mol. The summed E-state index contributed by atoms with van der Waals surface area (Å²) in [7, 11) is 0. The van der Waals surface area contributed by atoms with Crippen LogP contribution in [0.25, 0.3) is 11.1 Å². The Morgan fingerprint density at radius 3 is 1.96 bits per heavy atom. The molecule has 0 fully saturated rings. The highest BCUT2D eigenvalue weighted by atomic mass is 16.5. The Morgan fingerprint density at radius 1 is 0.852 bits per heavy atom. The minimum Gasteiger partial charge on any atom is -0.458 e. The van der Waals surface area contributed by atoms with Crippen molar-refractivity contribution in [2.75, 3.05) is 0 Å². The second-order valence-electron chi connectivity index (χ2n) is 6.99. The van der Waals surface area contributed by atoms with Gasteiger partial charge in [-0.3, -0.25) is 0 Å². The molecule has 2 unspecified atom stereocenters. The Bertz CT molecular complexity index is 864. The van der Waals surface area contributed by atoms with Crippen LogP contribution in [0, 0.1) is 6.92 Å². The molecule has 0 aliphatic heterocycles. The normalized spacial score (nSPS) is 13.0. The number of benzene rings is 3. The van der Waals surface area contributed by atoms with Crippen molar-refractivity contribution in [1.82, 2.24) is 0 Å². The van der Waals surface area contributed by atoms with Crippen molar-refractivity contribution in [1.29, 1.82) is 0 Å². The van der Waals surface area contributed by atoms with Crippen LogP contribution >= 0.6 is 0 Å². The first kappa shape index (κ1) is 18.9. The fourth-order valence-electron chi connectivity index (χ4n) is 3.26. The maximum atomic E-state index is 12.6. The molecule has 0 saturated carbocycles. The summed E-state index contributed by atoms with van der Waals surface area (Å²) in [5.74, 6) is -0.105. The van der Waals surface area contributed by atoms with Crippen LogP contribution in [0.15, 0.2) is 78.9 Å². The monoisotopic (exact) mass is 358 g/mol. The Kier molecular flexibility index (Phi) is 6.08. The molecule has 0 saturated heterocycles. The largest absolute Gasteiger partial charge is 0.458 e. The van der Waals surface area contributed by atoms with Gasteiger partial charge in [0.25, 0.3) is 0 Å². The first-order chi connectivity index (χ1) is 13.1. The number of ether oxygens (including phenoxy) is 1. The lowest BCUT2D eigenvalue weighted by molar-refractivity contribution is 0.0237. The van der Waals surface area contributed by atoms with Gasteiger partial charge < -0.3 is 4.74 Å². The molecule has 2 heteroatoms. The number of carbonyl (C=O) groups excluding carboxylic acids is 1. The maximum Gasteiger partial charge on any atom is 0.338 e. The molecule has 138 valence electrons. The molecule has 0 aromatic heterocycles. The molecule has 2 atom stereocenters. The molecule has 0 heterocycles. The van der Waals surface area contributed by atoms with Gasteiger partial charge in [-0.15, -0.1) is 0 Å². The molecule has 0 spiro atoms. The van der Waals surface area contributed by atoms with E-state index in [4.69, 9.17) is 4.74 Å². The second-order valence-corrected chi connectivity index (χ2v) is 6.99. The summed E-state index contributed by atoms with van der Waals surface area (Å²) < 4.78 is 5.82. The molecule has 0 amide bonds. The van der Waals surface area contributed by atoms with Gasteiger partial charge in [0, 0.05) is 5.92 Å². The van der Waals surface area contributed by atoms with Crippen LogP contribution in [0.2, 0.25) is 0 Å². The van der Waals surface area contributed by atoms with Gasteiger partial charge in [-0.2, -0.15) is 0 Å². The van der Waals surface area contributed by atoms with Crippen LogP contribution in [0.4, 0.5) is 0 Å². The smallest absolute Gasteiger partial charge is 0.338 e. The van der Waals surface area contributed by atoms with Crippen molar-refractivity contribution in [2.24, 2.45) is 0 Å². The van der Waals surface area contributed by atoms with Gasteiger partial charge >= 0.3 is 5.97 Å². The third-order valence-corrected chi connectivity index (χ3v) is 5.05. The molecule has 3 aromatic rings. The van der Waals surface area contributed by atoms with E-state index in [1.807, 2.05) is 42.5 Å². The molecule has 2 nitrogen and oxygen atoms in total. The standard InChI is InChI=1S/C25H26O2/c1-4-24(19(3)20-8-6-5-7-9-20)27-25(26)23-16-14-22(15-17-23)21-12-10-18(2)11-13-21/h5-17,19,24H,4H2,1-3H3. The second kappa shape index (κ2) is 8.68. The van der Waals surface area contributed by atoms with E-state index in [2.05, 4.69) is 57.2 Å². The summed E-state index contributed by atoms with van der Waals surface area (Å²) in [6.07, 6.45) is 0.639. The minimum atomic E-state index is -0.264. The molecule has 0 aliphatic rings. The van der Waals surface area contributed by atoms with E-state index in [1.165, 1.54) is 11.1 Å². The van der Waals surface area contributed by atoms with E-state index in [0.29, 0.717) is 5.56 Å². The van der Waals surface area contributed by atoms with Gasteiger partial charge in [-0.25, -0.2) is 4.79 Å². The number of esters is 1. The lowest BCUT2D eigenvalue weighted by atomic mass is 9.94. The van der Waals surface area contributed by atoms with Gasteiger partial charge in [0.1, 0.15) is 6.10 Å². The summed E-state index contributed by atoms with van der Waals surface area (Å²) in [6, 6.07) is 26.2. The number of hydrogen-bond donors (Lipinski definition) is 0. The first-order valence-electron chi connectivity index (χ1n) is 9.51. The zero-order chi connectivity index (χ0) is 19.2. The minimum absolute atomic E-state index is 0.142. The van der Waals surface area contributed by atoms with E-state index in [-0.39, 0.29) is 18.0 Å². The predicted molar refractivity (Wildman–Crippen MR) is 111 cm³/mol. The Hall–Kier alpha value is -2.87. The fraction of sp³-hybridized carbons (Fsp3) is 0.240. The van der Waals surface area contributed by atoms with Gasteiger partial charge in [0.15, 0.2) is 0 Å². The maximum absolute atomic E-state index is 12.6. The molecular formula is C25H26O2. The zero-order valence-electron chi connectivity index (χ0n) is 16.2. The molecule has 3 aromatic carbocycles. The fourth-order valence-corrected chi connectivity index (χ4v) is 3.26. The van der Waals surface area contributed by atoms with Crippen LogP contribution in [0.5, 0.6) is 0 Å². The molecule has 0 N–H and O–H groups in total. The highest BCUT2D eigenvalue weighted by molar-refractivity contribution is 5.90. The highest BCUT2D eigenvalue weighted by Gasteiger charge is 2.22. The Balaban J connectivity index is 1.70. The number of carbonyl (C=O) groups is 1. The summed E-state index contributed by atoms with van der Waals surface area (Å²) in [5, 5.41) is 0. The molecule has 3 rings (SSSR count). The van der Waals surface area contributed by atoms with E-state index in [1.54, 1.807) is 0 Å². The van der Waals surface area contributed by atoms with Crippen molar-refractivity contribution in [3.63, 3.8) is 0 Å². The van der Waals surface area contributed by atoms with E-state index < -0.39 is 0 Å². The van der Waals surface area contributed by atoms with E-state index >= 15 is 0 Å². The number of hydrogen-bond acceptors (Lipinski definition) is 2. The van der Waals surface area contributed by atoms with Crippen LogP contribution < -0.4 is 0 Å². The SMILES string of the molecule is CCC(OC(=O)c1ccc(-c2ccc(C)cc2)cc1)C(C)c1ccccc1. The van der Waals surface area contributed by atoms with E-state index in [9.17, 15) is 4.79 Å². The first-order valence-corrected chi connectivity index (χ1v) is 9.51. The lowest BCUT2D eigenvalue weighted by Crippen LogP contribution is -2.23. The molecule has 0 aliphatic carbocycles. The molecular weight excluding hydrogens is 332 g/mol. The van der Waals surface area contributed by atoms with Crippen molar-refractivity contribution >= 4 is 5.97 Å². The van der Waals surface area contributed by atoms with Crippen molar-refractivity contribution in [2.45, 2.75) is 39.2 Å². The van der Waals surface area contributed by atoms with Crippen LogP contribution in [-0.2, 0) is 4.74 Å². The number of aryl methyl sites for hydroxylation is 1. The van der Waals surface area contributed by atoms with Crippen LogP contribution in [0.1, 0.15) is 47.7 Å². The van der Waals surface area contributed by atoms with Gasteiger partial charge in [0.05, 0.1) is 5.56 Å². The topological polar surface area (TPSA) is 26.3 Å².